The smallest absolute Gasteiger partial charge is 0.317 e. The summed E-state index contributed by atoms with van der Waals surface area (Å²) in [7, 11) is 0. The van der Waals surface area contributed by atoms with Crippen LogP contribution in [-0.4, -0.2) is 41.1 Å². The lowest BCUT2D eigenvalue weighted by molar-refractivity contribution is -0.134. The molecule has 1 aromatic carbocycles. The van der Waals surface area contributed by atoms with Crippen molar-refractivity contribution in [1.29, 1.82) is 0 Å². The Labute approximate surface area is 147 Å². The van der Waals surface area contributed by atoms with E-state index in [-0.39, 0.29) is 23.9 Å². The molecule has 0 aromatic heterocycles. The summed E-state index contributed by atoms with van der Waals surface area (Å²) in [5.41, 5.74) is 7.06. The van der Waals surface area contributed by atoms with Crippen molar-refractivity contribution in [2.45, 2.75) is 38.8 Å². The summed E-state index contributed by atoms with van der Waals surface area (Å²) in [5, 5.41) is 10.4. The van der Waals surface area contributed by atoms with Gasteiger partial charge in [-0.2, -0.15) is 0 Å². The molecule has 1 aromatic rings. The van der Waals surface area contributed by atoms with Crippen molar-refractivity contribution in [1.82, 2.24) is 10.2 Å². The summed E-state index contributed by atoms with van der Waals surface area (Å²) < 4.78 is 12.9. The molecule has 4 N–H and O–H groups in total. The van der Waals surface area contributed by atoms with E-state index in [1.807, 2.05) is 11.8 Å². The molecule has 2 amide bonds. The molecule has 2 aliphatic rings. The molecule has 2 bridgehead atoms. The van der Waals surface area contributed by atoms with Crippen LogP contribution < -0.4 is 11.1 Å². The van der Waals surface area contributed by atoms with Crippen LogP contribution in [0.15, 0.2) is 24.3 Å². The van der Waals surface area contributed by atoms with Crippen LogP contribution in [0.5, 0.6) is 0 Å². The standard InChI is InChI=1S/C16H22FN3O.C2H4O2/c1-10(11-4-6-14(17)7-5-11)19-16(21)20-8-12-2-3-13(9-20)15(12)18;1-2(3)4/h4-7,10,12-13,15H,2-3,8-9,18H2,1H3,(H,19,21);1H3,(H,3,4)/t10-,12-,13+,15?;/m0./s1. The monoisotopic (exact) mass is 351 g/mol. The van der Waals surface area contributed by atoms with Gasteiger partial charge in [0.25, 0.3) is 5.97 Å². The highest BCUT2D eigenvalue weighted by molar-refractivity contribution is 5.75. The number of likely N-dealkylation sites (tertiary alicyclic amines) is 1. The number of urea groups is 1. The van der Waals surface area contributed by atoms with E-state index in [4.69, 9.17) is 15.6 Å². The number of nitrogens with zero attached hydrogens (tertiary/aromatic N) is 1. The third-order valence-electron chi connectivity index (χ3n) is 4.90. The van der Waals surface area contributed by atoms with E-state index < -0.39 is 5.97 Å². The lowest BCUT2D eigenvalue weighted by atomic mass is 9.93. The van der Waals surface area contributed by atoms with Gasteiger partial charge < -0.3 is 21.1 Å². The summed E-state index contributed by atoms with van der Waals surface area (Å²) in [6, 6.07) is 6.31. The van der Waals surface area contributed by atoms with Crippen molar-refractivity contribution in [2.24, 2.45) is 17.6 Å². The summed E-state index contributed by atoms with van der Waals surface area (Å²) in [4.78, 5) is 23.3. The molecule has 7 heteroatoms. The third-order valence-corrected chi connectivity index (χ3v) is 4.90. The average molecular weight is 351 g/mol. The molecule has 138 valence electrons. The molecule has 25 heavy (non-hydrogen) atoms. The molecule has 1 heterocycles. The number of carboxylic acids is 1. The Morgan fingerprint density at radius 3 is 2.20 bits per heavy atom. The Morgan fingerprint density at radius 1 is 1.24 bits per heavy atom. The van der Waals surface area contributed by atoms with Gasteiger partial charge in [0.05, 0.1) is 6.04 Å². The molecule has 2 fully saturated rings. The highest BCUT2D eigenvalue weighted by Crippen LogP contribution is 2.35. The first-order valence-electron chi connectivity index (χ1n) is 8.54. The van der Waals surface area contributed by atoms with E-state index in [1.54, 1.807) is 12.1 Å². The number of aliphatic carboxylic acids is 1. The van der Waals surface area contributed by atoms with Crippen LogP contribution in [-0.2, 0) is 4.79 Å². The summed E-state index contributed by atoms with van der Waals surface area (Å²) in [6.07, 6.45) is 2.26. The molecule has 1 aliphatic carbocycles. The predicted octanol–water partition coefficient (Wildman–Crippen LogP) is 2.36. The molecule has 4 atom stereocenters. The first-order chi connectivity index (χ1) is 11.8. The van der Waals surface area contributed by atoms with Crippen molar-refractivity contribution in [3.63, 3.8) is 0 Å². The molecule has 0 spiro atoms. The molecular weight excluding hydrogens is 325 g/mol. The van der Waals surface area contributed by atoms with Gasteiger partial charge in [0, 0.05) is 26.1 Å². The van der Waals surface area contributed by atoms with Crippen LogP contribution in [0.25, 0.3) is 0 Å². The Kier molecular flexibility index (Phi) is 6.36. The fourth-order valence-electron chi connectivity index (χ4n) is 3.54. The number of benzene rings is 1. The largest absolute Gasteiger partial charge is 0.481 e. The Balaban J connectivity index is 0.000000511. The van der Waals surface area contributed by atoms with E-state index >= 15 is 0 Å². The molecule has 1 saturated heterocycles. The number of carbonyl (C=O) groups excluding carboxylic acids is 1. The second-order valence-electron chi connectivity index (χ2n) is 6.82. The van der Waals surface area contributed by atoms with Crippen LogP contribution >= 0.6 is 0 Å². The number of nitrogens with two attached hydrogens (primary N) is 1. The molecule has 6 nitrogen and oxygen atoms in total. The molecule has 1 aliphatic heterocycles. The number of rotatable bonds is 2. The lowest BCUT2D eigenvalue weighted by Crippen LogP contribution is -2.53. The maximum absolute atomic E-state index is 12.9. The number of nitrogens with one attached hydrogen (secondary N) is 1. The van der Waals surface area contributed by atoms with Crippen LogP contribution in [0, 0.1) is 17.7 Å². The topological polar surface area (TPSA) is 95.7 Å². The highest BCUT2D eigenvalue weighted by atomic mass is 19.1. The third kappa shape index (κ3) is 5.16. The number of carbonyl (C=O) groups is 2. The van der Waals surface area contributed by atoms with Crippen molar-refractivity contribution < 1.29 is 19.1 Å². The van der Waals surface area contributed by atoms with Gasteiger partial charge >= 0.3 is 6.03 Å². The Morgan fingerprint density at radius 2 is 1.72 bits per heavy atom. The zero-order valence-electron chi connectivity index (χ0n) is 14.6. The van der Waals surface area contributed by atoms with E-state index in [1.165, 1.54) is 12.1 Å². The van der Waals surface area contributed by atoms with Gasteiger partial charge in [-0.3, -0.25) is 4.79 Å². The number of piperidine rings is 1. The number of amides is 2. The summed E-state index contributed by atoms with van der Waals surface area (Å²) in [6.45, 7) is 4.49. The normalized spacial score (nSPS) is 25.6. The zero-order valence-corrected chi connectivity index (χ0v) is 14.6. The maximum atomic E-state index is 12.9. The molecule has 0 radical (unpaired) electrons. The van der Waals surface area contributed by atoms with Crippen molar-refractivity contribution in [3.05, 3.63) is 35.6 Å². The van der Waals surface area contributed by atoms with Crippen molar-refractivity contribution in [2.75, 3.05) is 13.1 Å². The number of hydrogen-bond donors (Lipinski definition) is 3. The summed E-state index contributed by atoms with van der Waals surface area (Å²) >= 11 is 0. The van der Waals surface area contributed by atoms with Gasteiger partial charge in [-0.25, -0.2) is 9.18 Å². The molecule has 1 unspecified atom stereocenters. The number of fused-ring (bicyclic) bond motifs is 2. The predicted molar refractivity (Wildman–Crippen MR) is 92.4 cm³/mol. The number of hydrogen-bond acceptors (Lipinski definition) is 3. The van der Waals surface area contributed by atoms with Gasteiger partial charge in [0.1, 0.15) is 5.82 Å². The van der Waals surface area contributed by atoms with E-state index in [2.05, 4.69) is 5.32 Å². The lowest BCUT2D eigenvalue weighted by Gasteiger charge is -2.36. The fraction of sp³-hybridized carbons (Fsp3) is 0.556. The highest BCUT2D eigenvalue weighted by Gasteiger charge is 2.41. The Bertz CT molecular complexity index is 590. The van der Waals surface area contributed by atoms with E-state index in [0.717, 1.165) is 38.4 Å². The van der Waals surface area contributed by atoms with Crippen molar-refractivity contribution in [3.8, 4) is 0 Å². The minimum absolute atomic E-state index is 0.0457. The summed E-state index contributed by atoms with van der Waals surface area (Å²) in [5.74, 6) is -0.217. The van der Waals surface area contributed by atoms with Gasteiger partial charge in [0.2, 0.25) is 0 Å². The van der Waals surface area contributed by atoms with Crippen LogP contribution in [0.2, 0.25) is 0 Å². The SMILES string of the molecule is CC(=O)O.C[C@H](NC(=O)N1C[C@H]2CC[C@@H](C1)C2N)c1ccc(F)cc1. The second kappa shape index (κ2) is 8.29. The maximum Gasteiger partial charge on any atom is 0.317 e. The van der Waals surface area contributed by atoms with Gasteiger partial charge in [-0.15, -0.1) is 0 Å². The zero-order chi connectivity index (χ0) is 18.6. The first kappa shape index (κ1) is 19.2. The second-order valence-corrected chi connectivity index (χ2v) is 6.82. The molecule has 1 saturated carbocycles. The van der Waals surface area contributed by atoms with E-state index in [0.29, 0.717) is 11.8 Å². The van der Waals surface area contributed by atoms with Gasteiger partial charge in [-0.1, -0.05) is 12.1 Å². The minimum Gasteiger partial charge on any atom is -0.481 e. The fourth-order valence-corrected chi connectivity index (χ4v) is 3.54. The molecule has 3 rings (SSSR count). The minimum atomic E-state index is -0.833. The number of halogens is 1. The van der Waals surface area contributed by atoms with Crippen LogP contribution in [0.1, 0.15) is 38.3 Å². The number of carboxylic acid groups (broad SMARTS) is 1. The molecular formula is C18H26FN3O3. The Hall–Kier alpha value is -2.15. The van der Waals surface area contributed by atoms with Gasteiger partial charge in [-0.05, 0) is 49.3 Å². The van der Waals surface area contributed by atoms with E-state index in [9.17, 15) is 9.18 Å². The van der Waals surface area contributed by atoms with Crippen LogP contribution in [0.4, 0.5) is 9.18 Å². The first-order valence-corrected chi connectivity index (χ1v) is 8.54. The van der Waals surface area contributed by atoms with Crippen LogP contribution in [0.3, 0.4) is 0 Å². The quantitative estimate of drug-likeness (QED) is 0.762. The average Bonchev–Trinajstić information content (AvgIpc) is 2.75. The van der Waals surface area contributed by atoms with Gasteiger partial charge in [0.15, 0.2) is 0 Å². The van der Waals surface area contributed by atoms with Crippen molar-refractivity contribution >= 4 is 12.0 Å².